The number of hydrogen-bond acceptors (Lipinski definition) is 3. The summed E-state index contributed by atoms with van der Waals surface area (Å²) < 4.78 is 1.05. The molecule has 1 aromatic heterocycles. The minimum Gasteiger partial charge on any atom is -0.393 e. The van der Waals surface area contributed by atoms with Crippen molar-refractivity contribution in [2.45, 2.75) is 32.4 Å². The van der Waals surface area contributed by atoms with E-state index in [1.165, 1.54) is 0 Å². The standard InChI is InChI=1S/C15H20BrN3O/c1-2-13(20)6-7-17-10-15-18-9-14(19-15)11-4-3-5-12(16)8-11/h3-5,8-9,13,17,20H,2,6-7,10H2,1H3,(H,18,19). The molecule has 0 saturated heterocycles. The zero-order valence-corrected chi connectivity index (χ0v) is 13.2. The van der Waals surface area contributed by atoms with Crippen LogP contribution in [0.2, 0.25) is 0 Å². The Hall–Kier alpha value is -1.17. The summed E-state index contributed by atoms with van der Waals surface area (Å²) in [6, 6.07) is 8.11. The lowest BCUT2D eigenvalue weighted by Gasteiger charge is -2.07. The summed E-state index contributed by atoms with van der Waals surface area (Å²) in [4.78, 5) is 7.67. The molecule has 3 N–H and O–H groups in total. The number of aliphatic hydroxyl groups is 1. The highest BCUT2D eigenvalue weighted by Gasteiger charge is 2.04. The second-order valence-corrected chi connectivity index (χ2v) is 5.70. The summed E-state index contributed by atoms with van der Waals surface area (Å²) in [5.41, 5.74) is 2.12. The third kappa shape index (κ3) is 4.44. The van der Waals surface area contributed by atoms with E-state index in [0.29, 0.717) is 6.54 Å². The van der Waals surface area contributed by atoms with Crippen molar-refractivity contribution in [1.82, 2.24) is 15.3 Å². The lowest BCUT2D eigenvalue weighted by molar-refractivity contribution is 0.159. The largest absolute Gasteiger partial charge is 0.393 e. The van der Waals surface area contributed by atoms with Gasteiger partial charge in [-0.2, -0.15) is 0 Å². The fourth-order valence-corrected chi connectivity index (χ4v) is 2.33. The van der Waals surface area contributed by atoms with Crippen molar-refractivity contribution in [2.24, 2.45) is 0 Å². The number of H-pyrrole nitrogens is 1. The molecule has 2 aromatic rings. The van der Waals surface area contributed by atoms with Crippen LogP contribution in [0.3, 0.4) is 0 Å². The van der Waals surface area contributed by atoms with Crippen molar-refractivity contribution < 1.29 is 5.11 Å². The zero-order chi connectivity index (χ0) is 14.4. The molecule has 1 unspecified atom stereocenters. The summed E-state index contributed by atoms with van der Waals surface area (Å²) in [5, 5.41) is 12.7. The van der Waals surface area contributed by atoms with Gasteiger partial charge in [0.15, 0.2) is 0 Å². The van der Waals surface area contributed by atoms with E-state index in [1.54, 1.807) is 0 Å². The lowest BCUT2D eigenvalue weighted by Crippen LogP contribution is -2.20. The number of rotatable bonds is 7. The van der Waals surface area contributed by atoms with Gasteiger partial charge in [0.2, 0.25) is 0 Å². The fourth-order valence-electron chi connectivity index (χ4n) is 1.93. The third-order valence-electron chi connectivity index (χ3n) is 3.18. The van der Waals surface area contributed by atoms with Crippen LogP contribution in [0.1, 0.15) is 25.6 Å². The van der Waals surface area contributed by atoms with Gasteiger partial charge >= 0.3 is 0 Å². The van der Waals surface area contributed by atoms with Crippen LogP contribution in [0.15, 0.2) is 34.9 Å². The molecule has 0 amide bonds. The number of hydrogen-bond donors (Lipinski definition) is 3. The highest BCUT2D eigenvalue weighted by molar-refractivity contribution is 9.10. The molecule has 0 fully saturated rings. The Morgan fingerprint density at radius 1 is 1.45 bits per heavy atom. The molecule has 0 radical (unpaired) electrons. The number of imidazole rings is 1. The van der Waals surface area contributed by atoms with Crippen molar-refractivity contribution in [3.8, 4) is 11.3 Å². The van der Waals surface area contributed by atoms with Crippen LogP contribution >= 0.6 is 15.9 Å². The first-order chi connectivity index (χ1) is 9.69. The molecule has 1 heterocycles. The average molecular weight is 338 g/mol. The Morgan fingerprint density at radius 2 is 2.30 bits per heavy atom. The van der Waals surface area contributed by atoms with Crippen LogP contribution in [0.25, 0.3) is 11.3 Å². The van der Waals surface area contributed by atoms with E-state index in [0.717, 1.165) is 40.9 Å². The van der Waals surface area contributed by atoms with E-state index in [9.17, 15) is 5.11 Å². The summed E-state index contributed by atoms with van der Waals surface area (Å²) >= 11 is 3.47. The highest BCUT2D eigenvalue weighted by atomic mass is 79.9. The number of benzene rings is 1. The summed E-state index contributed by atoms with van der Waals surface area (Å²) in [5.74, 6) is 0.908. The molecule has 108 valence electrons. The Balaban J connectivity index is 1.86. The number of aliphatic hydroxyl groups excluding tert-OH is 1. The first-order valence-corrected chi connectivity index (χ1v) is 7.67. The summed E-state index contributed by atoms with van der Waals surface area (Å²) in [6.45, 7) is 3.47. The van der Waals surface area contributed by atoms with Crippen molar-refractivity contribution in [3.05, 3.63) is 40.8 Å². The lowest BCUT2D eigenvalue weighted by atomic mass is 10.2. The average Bonchev–Trinajstić information content (AvgIpc) is 2.92. The predicted molar refractivity (Wildman–Crippen MR) is 84.3 cm³/mol. The molecular formula is C15H20BrN3O. The smallest absolute Gasteiger partial charge is 0.120 e. The Labute approximate surface area is 127 Å². The predicted octanol–water partition coefficient (Wildman–Crippen LogP) is 3.09. The fraction of sp³-hybridized carbons (Fsp3) is 0.400. The van der Waals surface area contributed by atoms with E-state index in [-0.39, 0.29) is 6.10 Å². The van der Waals surface area contributed by atoms with Crippen molar-refractivity contribution in [1.29, 1.82) is 0 Å². The van der Waals surface area contributed by atoms with Crippen molar-refractivity contribution >= 4 is 15.9 Å². The van der Waals surface area contributed by atoms with Crippen molar-refractivity contribution in [2.75, 3.05) is 6.54 Å². The number of aromatic amines is 1. The van der Waals surface area contributed by atoms with Gasteiger partial charge in [-0.05, 0) is 31.5 Å². The van der Waals surface area contributed by atoms with E-state index in [1.807, 2.05) is 31.3 Å². The Bertz CT molecular complexity index is 541. The van der Waals surface area contributed by atoms with E-state index in [2.05, 4.69) is 37.3 Å². The number of halogens is 1. The van der Waals surface area contributed by atoms with Gasteiger partial charge in [-0.1, -0.05) is 35.0 Å². The molecule has 0 aliphatic heterocycles. The summed E-state index contributed by atoms with van der Waals surface area (Å²) in [6.07, 6.45) is 3.21. The monoisotopic (exact) mass is 337 g/mol. The molecule has 0 spiro atoms. The summed E-state index contributed by atoms with van der Waals surface area (Å²) in [7, 11) is 0. The maximum atomic E-state index is 9.47. The second-order valence-electron chi connectivity index (χ2n) is 4.78. The van der Waals surface area contributed by atoms with Gasteiger partial charge in [0.25, 0.3) is 0 Å². The topological polar surface area (TPSA) is 60.9 Å². The molecule has 0 aliphatic carbocycles. The zero-order valence-electron chi connectivity index (χ0n) is 11.6. The molecule has 2 rings (SSSR count). The van der Waals surface area contributed by atoms with Gasteiger partial charge in [-0.25, -0.2) is 4.98 Å². The van der Waals surface area contributed by atoms with Gasteiger partial charge in [-0.3, -0.25) is 0 Å². The maximum Gasteiger partial charge on any atom is 0.120 e. The molecule has 0 bridgehead atoms. The van der Waals surface area contributed by atoms with Gasteiger partial charge < -0.3 is 15.4 Å². The minimum absolute atomic E-state index is 0.212. The highest BCUT2D eigenvalue weighted by Crippen LogP contribution is 2.21. The number of nitrogens with one attached hydrogen (secondary N) is 2. The molecule has 0 saturated carbocycles. The van der Waals surface area contributed by atoms with E-state index < -0.39 is 0 Å². The number of aromatic nitrogens is 2. The van der Waals surface area contributed by atoms with Crippen LogP contribution in [0.4, 0.5) is 0 Å². The van der Waals surface area contributed by atoms with E-state index >= 15 is 0 Å². The molecule has 0 aliphatic rings. The molecular weight excluding hydrogens is 318 g/mol. The quantitative estimate of drug-likeness (QED) is 0.680. The van der Waals surface area contributed by atoms with Crippen LogP contribution in [-0.2, 0) is 6.54 Å². The molecule has 20 heavy (non-hydrogen) atoms. The van der Waals surface area contributed by atoms with Crippen LogP contribution in [0.5, 0.6) is 0 Å². The van der Waals surface area contributed by atoms with Crippen molar-refractivity contribution in [3.63, 3.8) is 0 Å². The third-order valence-corrected chi connectivity index (χ3v) is 3.68. The molecule has 4 nitrogen and oxygen atoms in total. The van der Waals surface area contributed by atoms with Gasteiger partial charge in [-0.15, -0.1) is 0 Å². The second kappa shape index (κ2) is 7.57. The van der Waals surface area contributed by atoms with E-state index in [4.69, 9.17) is 0 Å². The minimum atomic E-state index is -0.212. The van der Waals surface area contributed by atoms with Crippen LogP contribution in [-0.4, -0.2) is 27.7 Å². The first kappa shape index (κ1) is 15.2. The molecule has 1 aromatic carbocycles. The Morgan fingerprint density at radius 3 is 3.05 bits per heavy atom. The first-order valence-electron chi connectivity index (χ1n) is 6.87. The number of nitrogens with zero attached hydrogens (tertiary/aromatic N) is 1. The van der Waals surface area contributed by atoms with Crippen LogP contribution in [0, 0.1) is 0 Å². The molecule has 5 heteroatoms. The van der Waals surface area contributed by atoms with Gasteiger partial charge in [0.1, 0.15) is 5.82 Å². The maximum absolute atomic E-state index is 9.47. The SMILES string of the molecule is CCC(O)CCNCc1ncc(-c2cccc(Br)c2)[nH]1. The molecule has 1 atom stereocenters. The normalized spacial score (nSPS) is 12.6. The Kier molecular flexibility index (Phi) is 5.76. The van der Waals surface area contributed by atoms with Gasteiger partial charge in [0, 0.05) is 10.0 Å². The van der Waals surface area contributed by atoms with Crippen LogP contribution < -0.4 is 5.32 Å². The van der Waals surface area contributed by atoms with Gasteiger partial charge in [0.05, 0.1) is 24.5 Å².